The molecule has 0 spiro atoms. The average molecular weight is 448 g/mol. The van der Waals surface area contributed by atoms with Crippen molar-refractivity contribution in [3.05, 3.63) is 72.3 Å². The predicted molar refractivity (Wildman–Crippen MR) is 131 cm³/mol. The van der Waals surface area contributed by atoms with Gasteiger partial charge in [0, 0.05) is 5.69 Å². The summed E-state index contributed by atoms with van der Waals surface area (Å²) in [4.78, 5) is 28.1. The number of para-hydroxylation sites is 1. The molecule has 0 radical (unpaired) electrons. The Morgan fingerprint density at radius 3 is 2.30 bits per heavy atom. The first-order valence-electron chi connectivity index (χ1n) is 11.9. The lowest BCUT2D eigenvalue weighted by molar-refractivity contribution is -0.123. The minimum absolute atomic E-state index is 0.240. The highest BCUT2D eigenvalue weighted by molar-refractivity contribution is 6.24. The lowest BCUT2D eigenvalue weighted by Gasteiger charge is -2.40. The van der Waals surface area contributed by atoms with E-state index in [1.165, 1.54) is 10.5 Å². The number of nitrogens with zero attached hydrogens (tertiary/aromatic N) is 2. The van der Waals surface area contributed by atoms with E-state index in [1.54, 1.807) is 23.2 Å². The summed E-state index contributed by atoms with van der Waals surface area (Å²) in [7, 11) is 0. The van der Waals surface area contributed by atoms with Crippen molar-refractivity contribution in [3.8, 4) is 0 Å². The summed E-state index contributed by atoms with van der Waals surface area (Å²) in [6, 6.07) is 16.0. The molecule has 4 rings (SSSR count). The first-order valence-corrected chi connectivity index (χ1v) is 11.9. The summed E-state index contributed by atoms with van der Waals surface area (Å²) >= 11 is 0. The van der Waals surface area contributed by atoms with E-state index in [1.807, 2.05) is 36.4 Å². The Morgan fingerprint density at radius 1 is 0.970 bits per heavy atom. The van der Waals surface area contributed by atoms with E-state index in [2.05, 4.69) is 38.3 Å². The number of amides is 2. The maximum Gasteiger partial charge on any atom is 0.254 e. The monoisotopic (exact) mass is 447 g/mol. The van der Waals surface area contributed by atoms with Crippen LogP contribution in [-0.4, -0.2) is 40.1 Å². The van der Waals surface area contributed by atoms with Crippen molar-refractivity contribution < 1.29 is 14.7 Å². The van der Waals surface area contributed by atoms with E-state index in [9.17, 15) is 14.7 Å². The van der Waals surface area contributed by atoms with Gasteiger partial charge in [0.25, 0.3) is 5.91 Å². The number of rotatable bonds is 8. The molecule has 2 aliphatic rings. The number of carbonyl (C=O) groups is 2. The van der Waals surface area contributed by atoms with Crippen LogP contribution in [0.25, 0.3) is 0 Å². The Bertz CT molecular complexity index is 1000. The maximum absolute atomic E-state index is 13.6. The number of aliphatic hydroxyl groups is 1. The fourth-order valence-corrected chi connectivity index (χ4v) is 4.63. The Hall–Kier alpha value is -2.96. The van der Waals surface area contributed by atoms with Crippen LogP contribution in [0.3, 0.4) is 0 Å². The van der Waals surface area contributed by atoms with Gasteiger partial charge in [-0.05, 0) is 42.2 Å². The fourth-order valence-electron chi connectivity index (χ4n) is 4.63. The molecular formula is C27H33N3O3. The third-order valence-electron chi connectivity index (χ3n) is 6.55. The largest absolute Gasteiger partial charge is 0.391 e. The third-order valence-corrected chi connectivity index (χ3v) is 6.55. The van der Waals surface area contributed by atoms with Crippen LogP contribution < -0.4 is 10.3 Å². The van der Waals surface area contributed by atoms with Crippen LogP contribution in [0.2, 0.25) is 0 Å². The van der Waals surface area contributed by atoms with Crippen molar-refractivity contribution in [2.75, 3.05) is 10.3 Å². The number of nitrogens with one attached hydrogen (secondary N) is 1. The van der Waals surface area contributed by atoms with E-state index in [-0.39, 0.29) is 11.8 Å². The summed E-state index contributed by atoms with van der Waals surface area (Å²) in [6.45, 7) is 6.37. The van der Waals surface area contributed by atoms with Crippen LogP contribution in [0.4, 0.5) is 11.4 Å². The lowest BCUT2D eigenvalue weighted by atomic mass is 9.91. The molecule has 0 aliphatic carbocycles. The molecule has 33 heavy (non-hydrogen) atoms. The fraction of sp³-hybridized carbons (Fsp3) is 0.407. The highest BCUT2D eigenvalue weighted by Crippen LogP contribution is 2.36. The number of hydrogen-bond donors (Lipinski definition) is 2. The van der Waals surface area contributed by atoms with Crippen LogP contribution in [-0.2, 0) is 9.59 Å². The Balaban J connectivity index is 1.67. The molecule has 174 valence electrons. The number of hydrazine groups is 1. The molecule has 2 heterocycles. The minimum atomic E-state index is -0.728. The number of carbonyl (C=O) groups excluding carboxylic acids is 2. The van der Waals surface area contributed by atoms with Crippen molar-refractivity contribution in [2.24, 2.45) is 5.92 Å². The van der Waals surface area contributed by atoms with Gasteiger partial charge < -0.3 is 10.5 Å². The molecule has 2 aliphatic heterocycles. The number of imide groups is 1. The topological polar surface area (TPSA) is 72.9 Å². The zero-order valence-corrected chi connectivity index (χ0v) is 19.5. The Morgan fingerprint density at radius 2 is 1.67 bits per heavy atom. The van der Waals surface area contributed by atoms with E-state index in [4.69, 9.17) is 0 Å². The third kappa shape index (κ3) is 4.59. The van der Waals surface area contributed by atoms with Crippen LogP contribution >= 0.6 is 0 Å². The highest BCUT2D eigenvalue weighted by atomic mass is 16.3. The average Bonchev–Trinajstić information content (AvgIpc) is 3.08. The Kier molecular flexibility index (Phi) is 6.96. The zero-order chi connectivity index (χ0) is 23.5. The van der Waals surface area contributed by atoms with Crippen LogP contribution in [0.15, 0.2) is 66.7 Å². The van der Waals surface area contributed by atoms with Crippen molar-refractivity contribution in [1.82, 2.24) is 5.01 Å². The molecule has 0 bridgehead atoms. The number of fused-ring (bicyclic) bond motifs is 1. The second-order valence-corrected chi connectivity index (χ2v) is 9.20. The summed E-state index contributed by atoms with van der Waals surface area (Å²) in [5.74, 6) is -0.705. The van der Waals surface area contributed by atoms with E-state index < -0.39 is 24.1 Å². The van der Waals surface area contributed by atoms with Gasteiger partial charge in [0.15, 0.2) is 0 Å². The van der Waals surface area contributed by atoms with E-state index >= 15 is 0 Å². The molecule has 2 amide bonds. The normalized spacial score (nSPS) is 23.8. The highest BCUT2D eigenvalue weighted by Gasteiger charge is 2.53. The summed E-state index contributed by atoms with van der Waals surface area (Å²) in [6.07, 6.45) is 5.50. The van der Waals surface area contributed by atoms with Crippen LogP contribution in [0.1, 0.15) is 51.5 Å². The summed E-state index contributed by atoms with van der Waals surface area (Å²) in [5.41, 5.74) is 5.98. The van der Waals surface area contributed by atoms with Crippen LogP contribution in [0.5, 0.6) is 0 Å². The molecule has 4 unspecified atom stereocenters. The molecule has 1 saturated heterocycles. The second kappa shape index (κ2) is 9.89. The van der Waals surface area contributed by atoms with Gasteiger partial charge in [0.2, 0.25) is 5.91 Å². The zero-order valence-electron chi connectivity index (χ0n) is 19.5. The van der Waals surface area contributed by atoms with Crippen LogP contribution in [0, 0.1) is 5.92 Å². The van der Waals surface area contributed by atoms with Crippen molar-refractivity contribution in [3.63, 3.8) is 0 Å². The predicted octanol–water partition coefficient (Wildman–Crippen LogP) is 4.49. The van der Waals surface area contributed by atoms with Gasteiger partial charge in [-0.1, -0.05) is 76.1 Å². The van der Waals surface area contributed by atoms with Gasteiger partial charge in [-0.15, -0.1) is 0 Å². The lowest BCUT2D eigenvalue weighted by Crippen LogP contribution is -2.57. The molecule has 6 nitrogen and oxygen atoms in total. The SMILES string of the molecule is CCCCC(O)C1C=CC2C(=O)N(c3ccccc3)C(=O)C2N1Nc1ccc(C(C)C)cc1. The molecule has 6 heteroatoms. The smallest absolute Gasteiger partial charge is 0.254 e. The Labute approximate surface area is 195 Å². The van der Waals surface area contributed by atoms with Gasteiger partial charge in [0.1, 0.15) is 6.04 Å². The van der Waals surface area contributed by atoms with Gasteiger partial charge in [-0.25, -0.2) is 9.91 Å². The molecule has 2 N–H and O–H groups in total. The number of unbranched alkanes of at least 4 members (excludes halogenated alkanes) is 1. The van der Waals surface area contributed by atoms with Gasteiger partial charge >= 0.3 is 0 Å². The van der Waals surface area contributed by atoms with Crippen molar-refractivity contribution in [2.45, 2.75) is 64.1 Å². The standard InChI is InChI=1S/C27H33N3O3/c1-4-5-11-24(31)23-17-16-22-25(27(33)29(26(22)32)21-9-7-6-8-10-21)30(23)28-20-14-12-19(13-15-20)18(2)3/h6-10,12-18,22-25,28,31H,4-5,11H2,1-3H3. The number of hydrogen-bond acceptors (Lipinski definition) is 5. The van der Waals surface area contributed by atoms with Gasteiger partial charge in [-0.3, -0.25) is 9.59 Å². The van der Waals surface area contributed by atoms with Gasteiger partial charge in [-0.2, -0.15) is 0 Å². The van der Waals surface area contributed by atoms with E-state index in [0.29, 0.717) is 18.0 Å². The van der Waals surface area contributed by atoms with Crippen molar-refractivity contribution >= 4 is 23.2 Å². The molecular weight excluding hydrogens is 414 g/mol. The quantitative estimate of drug-likeness (QED) is 0.461. The summed E-state index contributed by atoms with van der Waals surface area (Å²) in [5, 5.41) is 12.8. The van der Waals surface area contributed by atoms with E-state index in [0.717, 1.165) is 18.5 Å². The first-order chi connectivity index (χ1) is 15.9. The first kappa shape index (κ1) is 23.2. The molecule has 1 fully saturated rings. The number of aliphatic hydroxyl groups excluding tert-OH is 1. The van der Waals surface area contributed by atoms with Gasteiger partial charge in [0.05, 0.1) is 23.8 Å². The second-order valence-electron chi connectivity index (χ2n) is 9.20. The molecule has 2 aromatic carbocycles. The number of benzene rings is 2. The summed E-state index contributed by atoms with van der Waals surface area (Å²) < 4.78 is 0. The molecule has 0 saturated carbocycles. The maximum atomic E-state index is 13.6. The minimum Gasteiger partial charge on any atom is -0.391 e. The molecule has 0 aromatic heterocycles. The number of anilines is 2. The van der Waals surface area contributed by atoms with Crippen molar-refractivity contribution in [1.29, 1.82) is 0 Å². The molecule has 4 atom stereocenters. The molecule has 2 aromatic rings.